The van der Waals surface area contributed by atoms with Crippen molar-refractivity contribution in [1.82, 2.24) is 9.97 Å². The maximum atomic E-state index is 12.8. The van der Waals surface area contributed by atoms with E-state index in [1.54, 1.807) is 12.3 Å². The van der Waals surface area contributed by atoms with Crippen LogP contribution >= 0.6 is 35.0 Å². The standard InChI is InChI=1S/C27H27Cl2N3O3S/c1-17-15-35-16-27(17)7-9-32(10-8-27)24-13-31-25(14-30-24)36-23-4-2-3-18(26(23)29)11-22(34)20-12-19(28)5-6-21(20)33/h2-6,12-14,17,33H,7-11,15-16H2,1H3/t17-/m1/s1. The Morgan fingerprint density at radius 3 is 2.69 bits per heavy atom. The maximum Gasteiger partial charge on any atom is 0.171 e. The molecule has 2 aliphatic heterocycles. The molecule has 1 spiro atoms. The molecule has 2 aromatic carbocycles. The van der Waals surface area contributed by atoms with Crippen molar-refractivity contribution in [3.05, 3.63) is 70.0 Å². The van der Waals surface area contributed by atoms with E-state index in [9.17, 15) is 9.90 Å². The Labute approximate surface area is 225 Å². The summed E-state index contributed by atoms with van der Waals surface area (Å²) in [7, 11) is 0. The number of phenolic OH excluding ortho intramolecular Hbond substituents is 1. The number of nitrogens with zero attached hydrogens (tertiary/aromatic N) is 3. The Balaban J connectivity index is 1.24. The van der Waals surface area contributed by atoms with Gasteiger partial charge in [-0.2, -0.15) is 0 Å². The van der Waals surface area contributed by atoms with Crippen LogP contribution in [0.1, 0.15) is 35.7 Å². The number of aromatic nitrogens is 2. The lowest BCUT2D eigenvalue weighted by Gasteiger charge is -2.41. The summed E-state index contributed by atoms with van der Waals surface area (Å²) >= 11 is 14.1. The van der Waals surface area contributed by atoms with Crippen molar-refractivity contribution in [2.75, 3.05) is 31.2 Å². The van der Waals surface area contributed by atoms with Crippen molar-refractivity contribution in [3.8, 4) is 5.75 Å². The summed E-state index contributed by atoms with van der Waals surface area (Å²) in [5, 5.41) is 11.6. The molecule has 1 N–H and O–H groups in total. The molecular weight excluding hydrogens is 517 g/mol. The fourth-order valence-corrected chi connectivity index (χ4v) is 6.27. The fraction of sp³-hybridized carbons (Fsp3) is 0.370. The van der Waals surface area contributed by atoms with Crippen LogP contribution in [0.15, 0.2) is 58.7 Å². The number of carbonyl (C=O) groups excluding carboxylic acids is 1. The second-order valence-electron chi connectivity index (χ2n) is 9.57. The van der Waals surface area contributed by atoms with E-state index in [2.05, 4.69) is 21.8 Å². The zero-order valence-electron chi connectivity index (χ0n) is 19.9. The van der Waals surface area contributed by atoms with Gasteiger partial charge in [-0.3, -0.25) is 4.79 Å². The van der Waals surface area contributed by atoms with Crippen LogP contribution in [0.4, 0.5) is 5.82 Å². The summed E-state index contributed by atoms with van der Waals surface area (Å²) in [6.07, 6.45) is 5.86. The topological polar surface area (TPSA) is 75.5 Å². The molecule has 9 heteroatoms. The van der Waals surface area contributed by atoms with E-state index in [-0.39, 0.29) is 23.5 Å². The molecule has 0 saturated carbocycles. The van der Waals surface area contributed by atoms with E-state index in [4.69, 9.17) is 27.9 Å². The average Bonchev–Trinajstić information content (AvgIpc) is 3.23. The van der Waals surface area contributed by atoms with Crippen LogP contribution in [0.5, 0.6) is 5.75 Å². The summed E-state index contributed by atoms with van der Waals surface area (Å²) in [6.45, 7) is 5.95. The van der Waals surface area contributed by atoms with Crippen LogP contribution in [-0.2, 0) is 11.2 Å². The van der Waals surface area contributed by atoms with Gasteiger partial charge in [0.05, 0.1) is 29.6 Å². The monoisotopic (exact) mass is 543 g/mol. The van der Waals surface area contributed by atoms with Gasteiger partial charge in [-0.15, -0.1) is 0 Å². The summed E-state index contributed by atoms with van der Waals surface area (Å²) < 4.78 is 5.74. The third-order valence-electron chi connectivity index (χ3n) is 7.37. The third-order valence-corrected chi connectivity index (χ3v) is 9.14. The van der Waals surface area contributed by atoms with E-state index in [0.29, 0.717) is 26.9 Å². The minimum absolute atomic E-state index is 0.0475. The Kier molecular flexibility index (Phi) is 7.45. The van der Waals surface area contributed by atoms with Crippen LogP contribution in [0.2, 0.25) is 10.0 Å². The van der Waals surface area contributed by atoms with E-state index in [1.165, 1.54) is 30.0 Å². The van der Waals surface area contributed by atoms with Crippen molar-refractivity contribution in [3.63, 3.8) is 0 Å². The Morgan fingerprint density at radius 2 is 2.00 bits per heavy atom. The molecular formula is C27H27Cl2N3O3S. The molecule has 2 fully saturated rings. The fourth-order valence-electron chi connectivity index (χ4n) is 4.99. The van der Waals surface area contributed by atoms with Crippen molar-refractivity contribution < 1.29 is 14.6 Å². The van der Waals surface area contributed by atoms with E-state index < -0.39 is 0 Å². The van der Waals surface area contributed by atoms with Gasteiger partial charge in [-0.25, -0.2) is 9.97 Å². The number of aromatic hydroxyl groups is 1. The SMILES string of the molecule is C[C@@H]1COCC12CCN(c1cnc(Sc3cccc(CC(=O)c4cc(Cl)ccc4O)c3Cl)cn1)CC2. The summed E-state index contributed by atoms with van der Waals surface area (Å²) in [6, 6.07) is 9.97. The number of benzene rings is 2. The molecule has 1 atom stereocenters. The van der Waals surface area contributed by atoms with Gasteiger partial charge < -0.3 is 14.7 Å². The number of ether oxygens (including phenoxy) is 1. The maximum absolute atomic E-state index is 12.8. The van der Waals surface area contributed by atoms with Gasteiger partial charge in [0, 0.05) is 41.5 Å². The number of halogens is 2. The molecule has 3 aromatic rings. The van der Waals surface area contributed by atoms with Crippen molar-refractivity contribution in [1.29, 1.82) is 0 Å². The highest BCUT2D eigenvalue weighted by Gasteiger charge is 2.43. The highest BCUT2D eigenvalue weighted by Crippen LogP contribution is 2.44. The van der Waals surface area contributed by atoms with Crippen molar-refractivity contribution in [2.45, 2.75) is 36.1 Å². The molecule has 1 aromatic heterocycles. The van der Waals surface area contributed by atoms with Crippen LogP contribution in [-0.4, -0.2) is 47.2 Å². The highest BCUT2D eigenvalue weighted by atomic mass is 35.5. The summed E-state index contributed by atoms with van der Waals surface area (Å²) in [5.74, 6) is 1.13. The molecule has 0 radical (unpaired) electrons. The molecule has 0 bridgehead atoms. The highest BCUT2D eigenvalue weighted by molar-refractivity contribution is 7.99. The minimum Gasteiger partial charge on any atom is -0.507 e. The van der Waals surface area contributed by atoms with Crippen LogP contribution in [0.3, 0.4) is 0 Å². The first kappa shape index (κ1) is 25.3. The Bertz CT molecular complexity index is 1260. The van der Waals surface area contributed by atoms with Crippen molar-refractivity contribution >= 4 is 46.6 Å². The number of hydrogen-bond donors (Lipinski definition) is 1. The largest absolute Gasteiger partial charge is 0.507 e. The Morgan fingerprint density at radius 1 is 1.19 bits per heavy atom. The van der Waals surface area contributed by atoms with Gasteiger partial charge in [0.25, 0.3) is 0 Å². The van der Waals surface area contributed by atoms with Gasteiger partial charge >= 0.3 is 0 Å². The average molecular weight is 545 g/mol. The molecule has 2 aliphatic rings. The molecule has 36 heavy (non-hydrogen) atoms. The lowest BCUT2D eigenvalue weighted by atomic mass is 9.72. The van der Waals surface area contributed by atoms with E-state index in [0.717, 1.165) is 54.9 Å². The summed E-state index contributed by atoms with van der Waals surface area (Å²) in [4.78, 5) is 25.1. The van der Waals surface area contributed by atoms with Crippen LogP contribution in [0, 0.1) is 11.3 Å². The zero-order valence-corrected chi connectivity index (χ0v) is 22.2. The summed E-state index contributed by atoms with van der Waals surface area (Å²) in [5.41, 5.74) is 1.16. The number of anilines is 1. The number of Topliss-reactive ketones (excluding diaryl/α,β-unsaturated/α-hetero) is 1. The minimum atomic E-state index is -0.259. The molecule has 5 rings (SSSR count). The first-order chi connectivity index (χ1) is 17.3. The smallest absolute Gasteiger partial charge is 0.171 e. The Hall–Kier alpha value is -2.32. The van der Waals surface area contributed by atoms with E-state index in [1.807, 2.05) is 18.3 Å². The van der Waals surface area contributed by atoms with Crippen LogP contribution in [0.25, 0.3) is 0 Å². The van der Waals surface area contributed by atoms with E-state index >= 15 is 0 Å². The predicted molar refractivity (Wildman–Crippen MR) is 143 cm³/mol. The second kappa shape index (κ2) is 10.6. The van der Waals surface area contributed by atoms with Gasteiger partial charge in [0.1, 0.15) is 16.6 Å². The zero-order chi connectivity index (χ0) is 25.3. The molecule has 2 saturated heterocycles. The van der Waals surface area contributed by atoms with Gasteiger partial charge in [-0.05, 0) is 48.6 Å². The third kappa shape index (κ3) is 5.21. The number of carbonyl (C=O) groups is 1. The number of piperidine rings is 1. The number of hydrogen-bond acceptors (Lipinski definition) is 7. The van der Waals surface area contributed by atoms with Gasteiger partial charge in [-0.1, -0.05) is 54.0 Å². The lowest BCUT2D eigenvalue weighted by Crippen LogP contribution is -2.43. The molecule has 0 amide bonds. The second-order valence-corrected chi connectivity index (χ2v) is 11.4. The van der Waals surface area contributed by atoms with Gasteiger partial charge in [0.15, 0.2) is 5.78 Å². The molecule has 0 unspecified atom stereocenters. The first-order valence-electron chi connectivity index (χ1n) is 12.0. The lowest BCUT2D eigenvalue weighted by molar-refractivity contribution is 0.0990. The van der Waals surface area contributed by atoms with Gasteiger partial charge in [0.2, 0.25) is 0 Å². The molecule has 0 aliphatic carbocycles. The predicted octanol–water partition coefficient (Wildman–Crippen LogP) is 6.32. The first-order valence-corrected chi connectivity index (χ1v) is 13.5. The number of ketones is 1. The normalized spacial score (nSPS) is 19.1. The van der Waals surface area contributed by atoms with Crippen molar-refractivity contribution in [2.24, 2.45) is 11.3 Å². The molecule has 6 nitrogen and oxygen atoms in total. The number of phenols is 1. The number of rotatable bonds is 6. The van der Waals surface area contributed by atoms with Crippen LogP contribution < -0.4 is 4.90 Å². The molecule has 3 heterocycles. The quantitative estimate of drug-likeness (QED) is 0.364. The molecule has 188 valence electrons.